The van der Waals surface area contributed by atoms with Gasteiger partial charge in [0.25, 0.3) is 0 Å². The molecule has 2 aromatic heterocycles. The summed E-state index contributed by atoms with van der Waals surface area (Å²) in [6, 6.07) is 3.51. The minimum Gasteiger partial charge on any atom is -0.439 e. The molecule has 16 heavy (non-hydrogen) atoms. The van der Waals surface area contributed by atoms with Crippen molar-refractivity contribution in [2.75, 3.05) is 36.9 Å². The van der Waals surface area contributed by atoms with E-state index in [0.29, 0.717) is 30.4 Å². The summed E-state index contributed by atoms with van der Waals surface area (Å²) < 4.78 is 5.55. The van der Waals surface area contributed by atoms with Crippen molar-refractivity contribution in [3.63, 3.8) is 0 Å². The Balaban J connectivity index is 2.25. The summed E-state index contributed by atoms with van der Waals surface area (Å²) in [4.78, 5) is 4.72. The Hall–Kier alpha value is -1.66. The van der Waals surface area contributed by atoms with Gasteiger partial charge >= 0.3 is 0 Å². The van der Waals surface area contributed by atoms with Gasteiger partial charge in [-0.1, -0.05) is 0 Å². The van der Waals surface area contributed by atoms with Crippen molar-refractivity contribution in [2.45, 2.75) is 0 Å². The summed E-state index contributed by atoms with van der Waals surface area (Å²) in [5.41, 5.74) is 7.06. The SMILES string of the molecule is Nc1cc2oc(N(CCO)CCO)cc2[nH]1. The predicted octanol–water partition coefficient (Wildman–Crippen LogP) is 0.134. The van der Waals surface area contributed by atoms with E-state index >= 15 is 0 Å². The van der Waals surface area contributed by atoms with Gasteiger partial charge < -0.3 is 30.2 Å². The number of nitrogens with one attached hydrogen (secondary N) is 1. The summed E-state index contributed by atoms with van der Waals surface area (Å²) in [5.74, 6) is 1.17. The number of hydrogen-bond donors (Lipinski definition) is 4. The van der Waals surface area contributed by atoms with Gasteiger partial charge in [0.05, 0.1) is 18.7 Å². The lowest BCUT2D eigenvalue weighted by atomic mass is 10.4. The van der Waals surface area contributed by atoms with Crippen LogP contribution in [-0.4, -0.2) is 41.5 Å². The van der Waals surface area contributed by atoms with Crippen LogP contribution in [0, 0.1) is 0 Å². The van der Waals surface area contributed by atoms with E-state index in [4.69, 9.17) is 20.4 Å². The summed E-state index contributed by atoms with van der Waals surface area (Å²) in [7, 11) is 0. The number of anilines is 2. The lowest BCUT2D eigenvalue weighted by Crippen LogP contribution is -2.29. The fourth-order valence-electron chi connectivity index (χ4n) is 1.66. The minimum absolute atomic E-state index is 0.0107. The quantitative estimate of drug-likeness (QED) is 0.580. The van der Waals surface area contributed by atoms with E-state index in [0.717, 1.165) is 5.52 Å². The third kappa shape index (κ3) is 1.98. The number of aliphatic hydroxyl groups is 2. The average Bonchev–Trinajstić information content (AvgIpc) is 2.74. The Kier molecular flexibility index (Phi) is 3.02. The number of nitrogens with zero attached hydrogens (tertiary/aromatic N) is 1. The summed E-state index contributed by atoms with van der Waals surface area (Å²) in [6.07, 6.45) is 0. The molecule has 2 aromatic rings. The highest BCUT2D eigenvalue weighted by Gasteiger charge is 2.12. The normalized spacial score (nSPS) is 11.1. The number of H-pyrrole nitrogens is 1. The highest BCUT2D eigenvalue weighted by atomic mass is 16.4. The first-order valence-corrected chi connectivity index (χ1v) is 5.09. The Morgan fingerprint density at radius 3 is 2.50 bits per heavy atom. The van der Waals surface area contributed by atoms with Gasteiger partial charge in [-0.2, -0.15) is 0 Å². The number of rotatable bonds is 5. The van der Waals surface area contributed by atoms with Crippen LogP contribution < -0.4 is 10.6 Å². The topological polar surface area (TPSA) is 98.7 Å². The first kappa shape index (κ1) is 10.8. The van der Waals surface area contributed by atoms with E-state index in [1.807, 2.05) is 0 Å². The molecule has 0 aliphatic carbocycles. The van der Waals surface area contributed by atoms with E-state index in [-0.39, 0.29) is 13.2 Å². The van der Waals surface area contributed by atoms with Crippen molar-refractivity contribution in [1.29, 1.82) is 0 Å². The van der Waals surface area contributed by atoms with Crippen LogP contribution in [0.4, 0.5) is 11.7 Å². The van der Waals surface area contributed by atoms with Crippen molar-refractivity contribution in [1.82, 2.24) is 4.98 Å². The first-order chi connectivity index (χ1) is 7.74. The molecular formula is C10H15N3O3. The van der Waals surface area contributed by atoms with Crippen LogP contribution in [0.15, 0.2) is 16.5 Å². The number of aromatic nitrogens is 1. The molecule has 2 rings (SSSR count). The summed E-state index contributed by atoms with van der Waals surface area (Å²) in [6.45, 7) is 0.867. The van der Waals surface area contributed by atoms with Crippen LogP contribution in [0.5, 0.6) is 0 Å². The van der Waals surface area contributed by atoms with Crippen LogP contribution in [0.3, 0.4) is 0 Å². The van der Waals surface area contributed by atoms with Crippen molar-refractivity contribution >= 4 is 22.8 Å². The maximum atomic E-state index is 8.90. The Bertz CT molecular complexity index is 425. The molecule has 0 saturated carbocycles. The van der Waals surface area contributed by atoms with Crippen LogP contribution in [-0.2, 0) is 0 Å². The number of hydrogen-bond acceptors (Lipinski definition) is 5. The third-order valence-corrected chi connectivity index (χ3v) is 2.36. The van der Waals surface area contributed by atoms with E-state index in [9.17, 15) is 0 Å². The van der Waals surface area contributed by atoms with Crippen LogP contribution in [0.25, 0.3) is 11.1 Å². The number of aromatic amines is 1. The lowest BCUT2D eigenvalue weighted by molar-refractivity contribution is 0.278. The van der Waals surface area contributed by atoms with E-state index in [1.54, 1.807) is 17.0 Å². The van der Waals surface area contributed by atoms with Gasteiger partial charge in [0, 0.05) is 25.2 Å². The van der Waals surface area contributed by atoms with Gasteiger partial charge in [-0.3, -0.25) is 0 Å². The Morgan fingerprint density at radius 2 is 1.94 bits per heavy atom. The smallest absolute Gasteiger partial charge is 0.198 e. The molecule has 0 spiro atoms. The molecule has 0 unspecified atom stereocenters. The fraction of sp³-hybridized carbons (Fsp3) is 0.400. The van der Waals surface area contributed by atoms with Gasteiger partial charge in [0.1, 0.15) is 5.82 Å². The zero-order valence-corrected chi connectivity index (χ0v) is 8.81. The molecule has 6 heteroatoms. The van der Waals surface area contributed by atoms with Crippen molar-refractivity contribution in [2.24, 2.45) is 0 Å². The number of fused-ring (bicyclic) bond motifs is 1. The van der Waals surface area contributed by atoms with Gasteiger partial charge in [0.15, 0.2) is 11.5 Å². The minimum atomic E-state index is 0.0107. The Labute approximate surface area is 92.3 Å². The summed E-state index contributed by atoms with van der Waals surface area (Å²) >= 11 is 0. The second-order valence-electron chi connectivity index (χ2n) is 3.52. The zero-order valence-electron chi connectivity index (χ0n) is 8.81. The van der Waals surface area contributed by atoms with Crippen molar-refractivity contribution in [3.05, 3.63) is 12.1 Å². The molecule has 6 nitrogen and oxygen atoms in total. The number of nitrogen functional groups attached to an aromatic ring is 1. The molecule has 2 heterocycles. The monoisotopic (exact) mass is 225 g/mol. The summed E-state index contributed by atoms with van der Waals surface area (Å²) in [5, 5.41) is 17.8. The Morgan fingerprint density at radius 1 is 1.25 bits per heavy atom. The van der Waals surface area contributed by atoms with Gasteiger partial charge in [-0.15, -0.1) is 0 Å². The largest absolute Gasteiger partial charge is 0.439 e. The molecule has 0 fully saturated rings. The molecule has 0 aromatic carbocycles. The standard InChI is InChI=1S/C10H15N3O3/c11-9-6-8-7(12-9)5-10(16-8)13(1-3-14)2-4-15/h5-6,12,14-15H,1-4,11H2. The second kappa shape index (κ2) is 4.46. The zero-order chi connectivity index (χ0) is 11.5. The van der Waals surface area contributed by atoms with E-state index < -0.39 is 0 Å². The third-order valence-electron chi connectivity index (χ3n) is 2.36. The van der Waals surface area contributed by atoms with Crippen molar-refractivity contribution in [3.8, 4) is 0 Å². The van der Waals surface area contributed by atoms with Gasteiger partial charge in [0.2, 0.25) is 0 Å². The van der Waals surface area contributed by atoms with Gasteiger partial charge in [-0.25, -0.2) is 0 Å². The van der Waals surface area contributed by atoms with Crippen molar-refractivity contribution < 1.29 is 14.6 Å². The molecule has 0 amide bonds. The van der Waals surface area contributed by atoms with Gasteiger partial charge in [-0.05, 0) is 0 Å². The predicted molar refractivity (Wildman–Crippen MR) is 61.4 cm³/mol. The maximum absolute atomic E-state index is 8.90. The van der Waals surface area contributed by atoms with Crippen LogP contribution >= 0.6 is 0 Å². The molecule has 0 saturated heterocycles. The molecule has 0 atom stereocenters. The second-order valence-corrected chi connectivity index (χ2v) is 3.52. The lowest BCUT2D eigenvalue weighted by Gasteiger charge is -2.19. The molecule has 0 aliphatic heterocycles. The molecule has 5 N–H and O–H groups in total. The maximum Gasteiger partial charge on any atom is 0.198 e. The highest BCUT2D eigenvalue weighted by molar-refractivity contribution is 5.81. The molecule has 0 aliphatic rings. The number of nitrogens with two attached hydrogens (primary N) is 1. The van der Waals surface area contributed by atoms with E-state index in [1.165, 1.54) is 0 Å². The molecule has 0 radical (unpaired) electrons. The fourth-order valence-corrected chi connectivity index (χ4v) is 1.66. The van der Waals surface area contributed by atoms with Crippen LogP contribution in [0.1, 0.15) is 0 Å². The molecular weight excluding hydrogens is 210 g/mol. The first-order valence-electron chi connectivity index (χ1n) is 5.09. The highest BCUT2D eigenvalue weighted by Crippen LogP contribution is 2.26. The van der Waals surface area contributed by atoms with E-state index in [2.05, 4.69) is 4.98 Å². The number of furan rings is 1. The molecule has 88 valence electrons. The average molecular weight is 225 g/mol. The number of aliphatic hydroxyl groups excluding tert-OH is 2. The van der Waals surface area contributed by atoms with Crippen LogP contribution in [0.2, 0.25) is 0 Å². The molecule has 0 bridgehead atoms.